The molecule has 0 N–H and O–H groups in total. The van der Waals surface area contributed by atoms with E-state index in [9.17, 15) is 4.79 Å². The largest absolute Gasteiger partial charge is 0.477 e. The van der Waals surface area contributed by atoms with E-state index in [1.807, 2.05) is 37.3 Å². The van der Waals surface area contributed by atoms with Crippen LogP contribution in [0.4, 0.5) is 0 Å². The lowest BCUT2D eigenvalue weighted by Crippen LogP contribution is -2.35. The Labute approximate surface area is 169 Å². The average molecular weight is 385 g/mol. The minimum Gasteiger partial charge on any atom is -0.477 e. The summed E-state index contributed by atoms with van der Waals surface area (Å²) in [5.74, 6) is 1.27. The summed E-state index contributed by atoms with van der Waals surface area (Å²) in [5.41, 5.74) is 3.70. The third kappa shape index (κ3) is 3.10. The van der Waals surface area contributed by atoms with Crippen molar-refractivity contribution in [3.8, 4) is 5.75 Å². The highest BCUT2D eigenvalue weighted by Gasteiger charge is 2.24. The number of ether oxygens (including phenoxy) is 1. The SMILES string of the molecule is Cc1c2c(cc3c1oc(=O)c1ccccc13)CN(C[C@H](C)c1ccccc1)CO2. The molecule has 0 aliphatic carbocycles. The zero-order chi connectivity index (χ0) is 20.0. The van der Waals surface area contributed by atoms with Gasteiger partial charge in [-0.05, 0) is 35.9 Å². The van der Waals surface area contributed by atoms with Crippen molar-refractivity contribution in [2.24, 2.45) is 0 Å². The van der Waals surface area contributed by atoms with E-state index in [0.29, 0.717) is 23.6 Å². The molecule has 1 aromatic heterocycles. The lowest BCUT2D eigenvalue weighted by molar-refractivity contribution is 0.0900. The summed E-state index contributed by atoms with van der Waals surface area (Å²) in [6, 6.07) is 20.3. The molecule has 5 rings (SSSR count). The topological polar surface area (TPSA) is 42.7 Å². The Kier molecular flexibility index (Phi) is 4.36. The molecule has 0 spiro atoms. The van der Waals surface area contributed by atoms with Gasteiger partial charge in [-0.3, -0.25) is 4.90 Å². The fraction of sp³-hybridized carbons (Fsp3) is 0.240. The van der Waals surface area contributed by atoms with Gasteiger partial charge in [-0.15, -0.1) is 0 Å². The fourth-order valence-electron chi connectivity index (χ4n) is 4.38. The van der Waals surface area contributed by atoms with Gasteiger partial charge in [-0.25, -0.2) is 4.79 Å². The normalized spacial score (nSPS) is 15.2. The molecule has 1 aliphatic rings. The second-order valence-electron chi connectivity index (χ2n) is 7.90. The van der Waals surface area contributed by atoms with E-state index < -0.39 is 0 Å². The Morgan fingerprint density at radius 2 is 1.72 bits per heavy atom. The Bertz CT molecular complexity index is 1260. The molecule has 1 aliphatic heterocycles. The van der Waals surface area contributed by atoms with E-state index in [-0.39, 0.29) is 5.63 Å². The Morgan fingerprint density at radius 3 is 2.52 bits per heavy atom. The molecule has 3 aromatic carbocycles. The number of benzene rings is 3. The quantitative estimate of drug-likeness (QED) is 0.359. The van der Waals surface area contributed by atoms with Crippen LogP contribution >= 0.6 is 0 Å². The van der Waals surface area contributed by atoms with Crippen LogP contribution in [0.5, 0.6) is 5.75 Å². The van der Waals surface area contributed by atoms with Crippen LogP contribution in [0.15, 0.2) is 69.9 Å². The molecule has 0 bridgehead atoms. The van der Waals surface area contributed by atoms with Crippen molar-refractivity contribution < 1.29 is 9.15 Å². The molecule has 0 saturated heterocycles. The maximum Gasteiger partial charge on any atom is 0.344 e. The smallest absolute Gasteiger partial charge is 0.344 e. The zero-order valence-corrected chi connectivity index (χ0v) is 16.6. The van der Waals surface area contributed by atoms with Gasteiger partial charge in [-0.1, -0.05) is 55.5 Å². The van der Waals surface area contributed by atoms with Crippen molar-refractivity contribution in [1.82, 2.24) is 4.90 Å². The molecule has 0 amide bonds. The minimum atomic E-state index is -0.301. The maximum atomic E-state index is 12.4. The molecule has 146 valence electrons. The van der Waals surface area contributed by atoms with Crippen molar-refractivity contribution >= 4 is 21.7 Å². The average Bonchev–Trinajstić information content (AvgIpc) is 2.75. The van der Waals surface area contributed by atoms with E-state index in [0.717, 1.165) is 40.7 Å². The standard InChI is InChI=1S/C25H23NO3/c1-16(18-8-4-3-5-9-18)13-26-14-19-12-22-20-10-6-7-11-21(20)25(27)29-24(22)17(2)23(19)28-15-26/h3-12,16H,13-15H2,1-2H3/t16-/m0/s1. The number of hydrogen-bond acceptors (Lipinski definition) is 4. The summed E-state index contributed by atoms with van der Waals surface area (Å²) in [6.07, 6.45) is 0. The Hall–Kier alpha value is -3.11. The summed E-state index contributed by atoms with van der Waals surface area (Å²) >= 11 is 0. The van der Waals surface area contributed by atoms with E-state index in [1.165, 1.54) is 5.56 Å². The van der Waals surface area contributed by atoms with Gasteiger partial charge < -0.3 is 9.15 Å². The summed E-state index contributed by atoms with van der Waals surface area (Å²) in [4.78, 5) is 14.7. The molecule has 0 unspecified atom stereocenters. The molecule has 29 heavy (non-hydrogen) atoms. The number of aryl methyl sites for hydroxylation is 1. The second-order valence-corrected chi connectivity index (χ2v) is 7.90. The number of nitrogens with zero attached hydrogens (tertiary/aromatic N) is 1. The first-order valence-electron chi connectivity index (χ1n) is 10.00. The van der Waals surface area contributed by atoms with Crippen molar-refractivity contribution in [2.75, 3.05) is 13.3 Å². The Balaban J connectivity index is 1.53. The number of rotatable bonds is 3. The number of hydrogen-bond donors (Lipinski definition) is 0. The van der Waals surface area contributed by atoms with Crippen LogP contribution in [-0.2, 0) is 6.54 Å². The second kappa shape index (κ2) is 7.05. The highest BCUT2D eigenvalue weighted by atomic mass is 16.5. The van der Waals surface area contributed by atoms with Crippen LogP contribution in [0.1, 0.15) is 29.5 Å². The van der Waals surface area contributed by atoms with Gasteiger partial charge in [0.05, 0.1) is 5.39 Å². The van der Waals surface area contributed by atoms with Crippen LogP contribution < -0.4 is 10.4 Å². The van der Waals surface area contributed by atoms with Crippen LogP contribution in [0.2, 0.25) is 0 Å². The van der Waals surface area contributed by atoms with Gasteiger partial charge in [0.1, 0.15) is 18.1 Å². The van der Waals surface area contributed by atoms with Crippen LogP contribution in [0.3, 0.4) is 0 Å². The molecule has 0 radical (unpaired) electrons. The summed E-state index contributed by atoms with van der Waals surface area (Å²) in [6.45, 7) is 6.50. The predicted molar refractivity (Wildman–Crippen MR) is 115 cm³/mol. The molecular formula is C25H23NO3. The highest BCUT2D eigenvalue weighted by molar-refractivity contribution is 6.06. The van der Waals surface area contributed by atoms with Crippen molar-refractivity contribution in [3.63, 3.8) is 0 Å². The molecule has 0 saturated carbocycles. The fourth-order valence-corrected chi connectivity index (χ4v) is 4.38. The number of fused-ring (bicyclic) bond motifs is 4. The summed E-state index contributed by atoms with van der Waals surface area (Å²) in [5, 5.41) is 2.52. The Morgan fingerprint density at radius 1 is 1.00 bits per heavy atom. The third-order valence-corrected chi connectivity index (χ3v) is 5.85. The van der Waals surface area contributed by atoms with E-state index in [1.54, 1.807) is 0 Å². The van der Waals surface area contributed by atoms with Crippen molar-refractivity contribution in [1.29, 1.82) is 0 Å². The maximum absolute atomic E-state index is 12.4. The first-order valence-corrected chi connectivity index (χ1v) is 10.00. The highest BCUT2D eigenvalue weighted by Crippen LogP contribution is 2.37. The van der Waals surface area contributed by atoms with Crippen molar-refractivity contribution in [3.05, 3.63) is 87.8 Å². The summed E-state index contributed by atoms with van der Waals surface area (Å²) in [7, 11) is 0. The van der Waals surface area contributed by atoms with Crippen LogP contribution in [-0.4, -0.2) is 18.2 Å². The van der Waals surface area contributed by atoms with Gasteiger partial charge >= 0.3 is 5.63 Å². The minimum absolute atomic E-state index is 0.301. The van der Waals surface area contributed by atoms with Crippen molar-refractivity contribution in [2.45, 2.75) is 26.3 Å². The predicted octanol–water partition coefficient (Wildman–Crippen LogP) is 5.21. The van der Waals surface area contributed by atoms with E-state index in [4.69, 9.17) is 9.15 Å². The summed E-state index contributed by atoms with van der Waals surface area (Å²) < 4.78 is 11.8. The molecule has 1 atom stereocenters. The van der Waals surface area contributed by atoms with Crippen LogP contribution in [0.25, 0.3) is 21.7 Å². The first-order chi connectivity index (χ1) is 14.1. The molecule has 4 aromatic rings. The lowest BCUT2D eigenvalue weighted by atomic mass is 9.98. The molecular weight excluding hydrogens is 362 g/mol. The van der Waals surface area contributed by atoms with Gasteiger partial charge in [0.25, 0.3) is 0 Å². The molecule has 0 fully saturated rings. The van der Waals surface area contributed by atoms with Gasteiger partial charge in [-0.2, -0.15) is 0 Å². The van der Waals surface area contributed by atoms with E-state index >= 15 is 0 Å². The van der Waals surface area contributed by atoms with E-state index in [2.05, 4.69) is 42.2 Å². The van der Waals surface area contributed by atoms with Gasteiger partial charge in [0.2, 0.25) is 0 Å². The first kappa shape index (κ1) is 18.0. The lowest BCUT2D eigenvalue weighted by Gasteiger charge is -2.32. The molecule has 2 heterocycles. The molecule has 4 nitrogen and oxygen atoms in total. The van der Waals surface area contributed by atoms with Crippen LogP contribution in [0, 0.1) is 6.92 Å². The monoisotopic (exact) mass is 385 g/mol. The molecule has 4 heteroatoms. The van der Waals surface area contributed by atoms with Gasteiger partial charge in [0.15, 0.2) is 0 Å². The third-order valence-electron chi connectivity index (χ3n) is 5.85. The van der Waals surface area contributed by atoms with Gasteiger partial charge in [0, 0.05) is 29.6 Å². The zero-order valence-electron chi connectivity index (χ0n) is 16.6.